The predicted molar refractivity (Wildman–Crippen MR) is 81.2 cm³/mol. The molecule has 118 valence electrons. The molecular formula is C16H31NO3. The van der Waals surface area contributed by atoms with Crippen LogP contribution in [0.15, 0.2) is 0 Å². The van der Waals surface area contributed by atoms with Crippen LogP contribution in [0.1, 0.15) is 85.0 Å². The van der Waals surface area contributed by atoms with Crippen LogP contribution in [0.2, 0.25) is 0 Å². The molecule has 0 bridgehead atoms. The lowest BCUT2D eigenvalue weighted by molar-refractivity contribution is -0.163. The van der Waals surface area contributed by atoms with Gasteiger partial charge in [-0.3, -0.25) is 4.79 Å². The Morgan fingerprint density at radius 1 is 0.900 bits per heavy atom. The van der Waals surface area contributed by atoms with Crippen LogP contribution >= 0.6 is 0 Å². The quantitative estimate of drug-likeness (QED) is 0.357. The van der Waals surface area contributed by atoms with Gasteiger partial charge in [-0.1, -0.05) is 58.3 Å². The van der Waals surface area contributed by atoms with Gasteiger partial charge in [-0.15, -0.1) is 0 Å². The predicted octanol–water partition coefficient (Wildman–Crippen LogP) is 3.71. The van der Waals surface area contributed by atoms with E-state index in [1.165, 1.54) is 52.4 Å². The molecule has 0 aromatic carbocycles. The van der Waals surface area contributed by atoms with Gasteiger partial charge in [0.05, 0.1) is 0 Å². The van der Waals surface area contributed by atoms with Crippen molar-refractivity contribution >= 4 is 11.9 Å². The summed E-state index contributed by atoms with van der Waals surface area (Å²) in [4.78, 5) is 22.8. The zero-order valence-electron chi connectivity index (χ0n) is 13.4. The van der Waals surface area contributed by atoms with Gasteiger partial charge in [0.25, 0.3) is 0 Å². The van der Waals surface area contributed by atoms with Crippen molar-refractivity contribution < 1.29 is 14.3 Å². The van der Waals surface area contributed by atoms with Crippen molar-refractivity contribution in [2.24, 2.45) is 5.73 Å². The summed E-state index contributed by atoms with van der Waals surface area (Å²) in [7, 11) is 0. The van der Waals surface area contributed by atoms with Gasteiger partial charge in [0.1, 0.15) is 5.54 Å². The first-order valence-corrected chi connectivity index (χ1v) is 7.92. The minimum atomic E-state index is -1.10. The molecule has 0 aliphatic carbocycles. The zero-order chi connectivity index (χ0) is 15.4. The van der Waals surface area contributed by atoms with E-state index in [0.29, 0.717) is 6.42 Å². The summed E-state index contributed by atoms with van der Waals surface area (Å²) >= 11 is 0. The summed E-state index contributed by atoms with van der Waals surface area (Å²) in [5.41, 5.74) is 4.44. The lowest BCUT2D eigenvalue weighted by Crippen LogP contribution is -2.43. The summed E-state index contributed by atoms with van der Waals surface area (Å²) < 4.78 is 4.68. The van der Waals surface area contributed by atoms with Crippen molar-refractivity contribution in [2.45, 2.75) is 90.5 Å². The lowest BCUT2D eigenvalue weighted by Gasteiger charge is -2.15. The van der Waals surface area contributed by atoms with Crippen molar-refractivity contribution in [1.29, 1.82) is 0 Å². The third-order valence-corrected chi connectivity index (χ3v) is 3.22. The molecule has 2 N–H and O–H groups in total. The molecule has 0 aliphatic heterocycles. The molecule has 20 heavy (non-hydrogen) atoms. The Labute approximate surface area is 123 Å². The Hall–Kier alpha value is -0.900. The molecule has 0 radical (unpaired) electrons. The van der Waals surface area contributed by atoms with Crippen LogP contribution in [-0.2, 0) is 14.3 Å². The molecule has 0 aromatic rings. The van der Waals surface area contributed by atoms with Crippen molar-refractivity contribution in [1.82, 2.24) is 0 Å². The van der Waals surface area contributed by atoms with E-state index < -0.39 is 17.5 Å². The van der Waals surface area contributed by atoms with Crippen LogP contribution in [0.25, 0.3) is 0 Å². The number of carbonyl (C=O) groups is 2. The average molecular weight is 285 g/mol. The Morgan fingerprint density at radius 2 is 1.35 bits per heavy atom. The number of esters is 2. The number of unbranched alkanes of at least 4 members (excludes halogenated alkanes) is 8. The molecule has 0 rings (SSSR count). The molecular weight excluding hydrogens is 254 g/mol. The first kappa shape index (κ1) is 19.1. The van der Waals surface area contributed by atoms with Gasteiger partial charge in [0.2, 0.25) is 0 Å². The van der Waals surface area contributed by atoms with Gasteiger partial charge in [-0.2, -0.15) is 0 Å². The van der Waals surface area contributed by atoms with Crippen LogP contribution in [-0.4, -0.2) is 17.5 Å². The summed E-state index contributed by atoms with van der Waals surface area (Å²) in [5, 5.41) is 0. The molecule has 0 aliphatic rings. The van der Waals surface area contributed by atoms with Gasteiger partial charge in [-0.25, -0.2) is 4.79 Å². The first-order chi connectivity index (χ1) is 9.38. The van der Waals surface area contributed by atoms with Crippen molar-refractivity contribution in [2.75, 3.05) is 0 Å². The van der Waals surface area contributed by atoms with Crippen LogP contribution in [0.3, 0.4) is 0 Å². The average Bonchev–Trinajstić information content (AvgIpc) is 2.35. The van der Waals surface area contributed by atoms with Gasteiger partial charge < -0.3 is 10.5 Å². The topological polar surface area (TPSA) is 69.4 Å². The highest BCUT2D eigenvalue weighted by Gasteiger charge is 2.25. The Morgan fingerprint density at radius 3 is 1.80 bits per heavy atom. The molecule has 0 aromatic heterocycles. The van der Waals surface area contributed by atoms with Crippen molar-refractivity contribution in [3.63, 3.8) is 0 Å². The Balaban J connectivity index is 3.43. The third kappa shape index (κ3) is 11.0. The van der Waals surface area contributed by atoms with Gasteiger partial charge in [0, 0.05) is 6.42 Å². The van der Waals surface area contributed by atoms with Gasteiger partial charge >= 0.3 is 11.9 Å². The van der Waals surface area contributed by atoms with Crippen LogP contribution < -0.4 is 5.73 Å². The molecule has 0 amide bonds. The maximum atomic E-state index is 11.4. The van der Waals surface area contributed by atoms with E-state index in [9.17, 15) is 9.59 Å². The summed E-state index contributed by atoms with van der Waals surface area (Å²) in [6.07, 6.45) is 11.0. The van der Waals surface area contributed by atoms with Gasteiger partial charge in [-0.05, 0) is 20.3 Å². The number of rotatable bonds is 11. The molecule has 0 atom stereocenters. The molecule has 4 nitrogen and oxygen atoms in total. The minimum Gasteiger partial charge on any atom is -0.392 e. The van der Waals surface area contributed by atoms with E-state index in [2.05, 4.69) is 11.7 Å². The number of carbonyl (C=O) groups excluding carboxylic acids is 2. The van der Waals surface area contributed by atoms with Crippen LogP contribution in [0.4, 0.5) is 0 Å². The number of hydrogen-bond donors (Lipinski definition) is 1. The fourth-order valence-electron chi connectivity index (χ4n) is 1.87. The summed E-state index contributed by atoms with van der Waals surface area (Å²) in [6.45, 7) is 5.28. The Kier molecular flexibility index (Phi) is 10.3. The fourth-order valence-corrected chi connectivity index (χ4v) is 1.87. The fraction of sp³-hybridized carbons (Fsp3) is 0.875. The van der Waals surface area contributed by atoms with E-state index >= 15 is 0 Å². The lowest BCUT2D eigenvalue weighted by atomic mass is 10.1. The van der Waals surface area contributed by atoms with E-state index in [1.807, 2.05) is 0 Å². The normalized spacial score (nSPS) is 11.4. The van der Waals surface area contributed by atoms with E-state index in [4.69, 9.17) is 5.73 Å². The standard InChI is InChI=1S/C16H31NO3/c1-4-5-6-7-8-9-10-11-12-13-14(18)20-15(19)16(2,3)17/h4-13,17H2,1-3H3. The molecule has 0 heterocycles. The molecule has 0 fully saturated rings. The second kappa shape index (κ2) is 10.8. The van der Waals surface area contributed by atoms with Crippen LogP contribution in [0.5, 0.6) is 0 Å². The maximum Gasteiger partial charge on any atom is 0.333 e. The third-order valence-electron chi connectivity index (χ3n) is 3.22. The van der Waals surface area contributed by atoms with Crippen molar-refractivity contribution in [3.05, 3.63) is 0 Å². The van der Waals surface area contributed by atoms with Crippen molar-refractivity contribution in [3.8, 4) is 0 Å². The number of hydrogen-bond acceptors (Lipinski definition) is 4. The molecule has 4 heteroatoms. The highest BCUT2D eigenvalue weighted by atomic mass is 16.6. The van der Waals surface area contributed by atoms with E-state index in [-0.39, 0.29) is 0 Å². The maximum absolute atomic E-state index is 11.4. The van der Waals surface area contributed by atoms with Gasteiger partial charge in [0.15, 0.2) is 0 Å². The molecule has 0 unspecified atom stereocenters. The van der Waals surface area contributed by atoms with E-state index in [0.717, 1.165) is 19.3 Å². The van der Waals surface area contributed by atoms with E-state index in [1.54, 1.807) is 0 Å². The summed E-state index contributed by atoms with van der Waals surface area (Å²) in [5.74, 6) is -1.12. The first-order valence-electron chi connectivity index (χ1n) is 7.92. The second-order valence-corrected chi connectivity index (χ2v) is 6.06. The SMILES string of the molecule is CCCCCCCCCCCC(=O)OC(=O)C(C)(C)N. The highest BCUT2D eigenvalue weighted by molar-refractivity contribution is 5.90. The smallest absolute Gasteiger partial charge is 0.333 e. The number of nitrogens with two attached hydrogens (primary N) is 1. The monoisotopic (exact) mass is 285 g/mol. The molecule has 0 saturated carbocycles. The summed E-state index contributed by atoms with van der Waals surface area (Å²) in [6, 6.07) is 0. The largest absolute Gasteiger partial charge is 0.392 e. The molecule has 0 saturated heterocycles. The highest BCUT2D eigenvalue weighted by Crippen LogP contribution is 2.11. The number of ether oxygens (including phenoxy) is 1. The Bertz CT molecular complexity index is 282. The minimum absolute atomic E-state index is 0.303. The molecule has 0 spiro atoms. The second-order valence-electron chi connectivity index (χ2n) is 6.06. The zero-order valence-corrected chi connectivity index (χ0v) is 13.4. The van der Waals surface area contributed by atoms with Crippen LogP contribution in [0, 0.1) is 0 Å².